The fourth-order valence-corrected chi connectivity index (χ4v) is 3.59. The molecule has 1 N–H and O–H groups in total. The first-order valence-corrected chi connectivity index (χ1v) is 11.7. The van der Waals surface area contributed by atoms with Gasteiger partial charge in [-0.15, -0.1) is 0 Å². The summed E-state index contributed by atoms with van der Waals surface area (Å²) < 4.78 is 45.4. The molecule has 0 aliphatic heterocycles. The van der Waals surface area contributed by atoms with E-state index in [4.69, 9.17) is 9.84 Å². The number of aryl methyl sites for hydroxylation is 1. The zero-order chi connectivity index (χ0) is 27.4. The Morgan fingerprint density at radius 2 is 1.73 bits per heavy atom. The van der Waals surface area contributed by atoms with E-state index in [-0.39, 0.29) is 30.7 Å². The Bertz CT molecular complexity index is 1250. The Kier molecular flexibility index (Phi) is 8.42. The molecule has 3 aromatic rings. The molecule has 37 heavy (non-hydrogen) atoms. The lowest BCUT2D eigenvalue weighted by Gasteiger charge is -2.22. The van der Waals surface area contributed by atoms with Crippen LogP contribution in [0.3, 0.4) is 0 Å². The SMILES string of the molecule is COCCN(CC(=O)Nc1cc(C(C)(C)C)nn1-c1cccc(C)c1)C(=O)c1ccc(C(F)(F)F)cc1. The molecule has 2 amide bonds. The van der Waals surface area contributed by atoms with E-state index in [0.717, 1.165) is 41.2 Å². The third-order valence-electron chi connectivity index (χ3n) is 5.64. The zero-order valence-corrected chi connectivity index (χ0v) is 21.5. The number of benzene rings is 2. The summed E-state index contributed by atoms with van der Waals surface area (Å²) in [6.45, 7) is 7.89. The summed E-state index contributed by atoms with van der Waals surface area (Å²) in [5.41, 5.74) is 1.46. The van der Waals surface area contributed by atoms with Crippen LogP contribution in [0.5, 0.6) is 0 Å². The van der Waals surface area contributed by atoms with Crippen LogP contribution < -0.4 is 5.32 Å². The van der Waals surface area contributed by atoms with Crippen molar-refractivity contribution in [1.82, 2.24) is 14.7 Å². The van der Waals surface area contributed by atoms with Crippen molar-refractivity contribution in [2.45, 2.75) is 39.3 Å². The maximum absolute atomic E-state index is 13.1. The van der Waals surface area contributed by atoms with Gasteiger partial charge in [0.1, 0.15) is 12.4 Å². The van der Waals surface area contributed by atoms with E-state index in [1.165, 1.54) is 12.0 Å². The standard InChI is InChI=1S/C27H31F3N4O3/c1-18-7-6-8-21(15-18)34-23(16-22(32-34)26(2,3)4)31-24(35)17-33(13-14-37-5)25(36)19-9-11-20(12-10-19)27(28,29)30/h6-12,15-16H,13-14,17H2,1-5H3,(H,31,35). The molecule has 0 aliphatic rings. The maximum atomic E-state index is 13.1. The first-order chi connectivity index (χ1) is 17.3. The predicted molar refractivity (Wildman–Crippen MR) is 135 cm³/mol. The molecule has 0 radical (unpaired) electrons. The Morgan fingerprint density at radius 1 is 1.05 bits per heavy atom. The Hall–Kier alpha value is -3.66. The van der Waals surface area contributed by atoms with Crippen molar-refractivity contribution < 1.29 is 27.5 Å². The summed E-state index contributed by atoms with van der Waals surface area (Å²) >= 11 is 0. The highest BCUT2D eigenvalue weighted by molar-refractivity contribution is 5.99. The molecule has 198 valence electrons. The van der Waals surface area contributed by atoms with Crippen LogP contribution in [0.15, 0.2) is 54.6 Å². The van der Waals surface area contributed by atoms with Crippen molar-refractivity contribution in [2.75, 3.05) is 32.1 Å². The number of nitrogens with zero attached hydrogens (tertiary/aromatic N) is 3. The topological polar surface area (TPSA) is 76.5 Å². The number of hydrogen-bond acceptors (Lipinski definition) is 4. The Labute approximate surface area is 214 Å². The number of anilines is 1. The van der Waals surface area contributed by atoms with E-state index >= 15 is 0 Å². The lowest BCUT2D eigenvalue weighted by atomic mass is 9.92. The molecular weight excluding hydrogens is 485 g/mol. The van der Waals surface area contributed by atoms with Gasteiger partial charge in [0.05, 0.1) is 23.6 Å². The highest BCUT2D eigenvalue weighted by Crippen LogP contribution is 2.29. The van der Waals surface area contributed by atoms with Gasteiger partial charge in [-0.05, 0) is 48.9 Å². The molecule has 0 unspecified atom stereocenters. The molecule has 0 saturated carbocycles. The lowest BCUT2D eigenvalue weighted by Crippen LogP contribution is -2.40. The molecule has 0 fully saturated rings. The van der Waals surface area contributed by atoms with E-state index in [1.807, 2.05) is 52.0 Å². The third-order valence-corrected chi connectivity index (χ3v) is 5.64. The highest BCUT2D eigenvalue weighted by Gasteiger charge is 2.30. The van der Waals surface area contributed by atoms with E-state index in [2.05, 4.69) is 5.32 Å². The van der Waals surface area contributed by atoms with Gasteiger partial charge in [-0.1, -0.05) is 32.9 Å². The molecule has 0 bridgehead atoms. The van der Waals surface area contributed by atoms with E-state index in [0.29, 0.717) is 5.82 Å². The van der Waals surface area contributed by atoms with Crippen LogP contribution in [0, 0.1) is 6.92 Å². The molecule has 0 aliphatic carbocycles. The van der Waals surface area contributed by atoms with Gasteiger partial charge in [0.15, 0.2) is 0 Å². The molecule has 3 rings (SSSR count). The van der Waals surface area contributed by atoms with E-state index in [1.54, 1.807) is 10.7 Å². The predicted octanol–water partition coefficient (Wildman–Crippen LogP) is 5.22. The number of nitrogens with one attached hydrogen (secondary N) is 1. The first kappa shape index (κ1) is 27.9. The quantitative estimate of drug-likeness (QED) is 0.445. The number of methoxy groups -OCH3 is 1. The number of halogens is 3. The van der Waals surface area contributed by atoms with Crippen LogP contribution in [0.1, 0.15) is 48.0 Å². The van der Waals surface area contributed by atoms with Gasteiger partial charge in [0.25, 0.3) is 5.91 Å². The summed E-state index contributed by atoms with van der Waals surface area (Å²) in [6.07, 6.45) is -4.51. The first-order valence-electron chi connectivity index (χ1n) is 11.7. The lowest BCUT2D eigenvalue weighted by molar-refractivity contribution is -0.137. The molecule has 0 spiro atoms. The number of carbonyl (C=O) groups excluding carboxylic acids is 2. The second kappa shape index (κ2) is 11.2. The van der Waals surface area contributed by atoms with Gasteiger partial charge >= 0.3 is 6.18 Å². The van der Waals surface area contributed by atoms with Crippen LogP contribution in [0.2, 0.25) is 0 Å². The van der Waals surface area contributed by atoms with Gasteiger partial charge in [-0.2, -0.15) is 18.3 Å². The number of amides is 2. The number of rotatable bonds is 8. The van der Waals surface area contributed by atoms with Gasteiger partial charge in [-0.25, -0.2) is 4.68 Å². The molecule has 7 nitrogen and oxygen atoms in total. The fourth-order valence-electron chi connectivity index (χ4n) is 3.59. The molecule has 2 aromatic carbocycles. The molecule has 1 heterocycles. The maximum Gasteiger partial charge on any atom is 0.416 e. The molecular formula is C27H31F3N4O3. The van der Waals surface area contributed by atoms with Gasteiger partial charge in [-0.3, -0.25) is 9.59 Å². The number of carbonyl (C=O) groups is 2. The summed E-state index contributed by atoms with van der Waals surface area (Å²) in [6, 6.07) is 13.3. The minimum absolute atomic E-state index is 0.0386. The summed E-state index contributed by atoms with van der Waals surface area (Å²) in [7, 11) is 1.45. The van der Waals surface area contributed by atoms with Gasteiger partial charge in [0, 0.05) is 30.7 Å². The van der Waals surface area contributed by atoms with E-state index in [9.17, 15) is 22.8 Å². The number of aromatic nitrogens is 2. The van der Waals surface area contributed by atoms with Gasteiger partial charge < -0.3 is 15.0 Å². The minimum Gasteiger partial charge on any atom is -0.383 e. The summed E-state index contributed by atoms with van der Waals surface area (Å²) in [4.78, 5) is 27.4. The molecule has 0 saturated heterocycles. The summed E-state index contributed by atoms with van der Waals surface area (Å²) in [5, 5.41) is 7.54. The average Bonchev–Trinajstić information content (AvgIpc) is 3.25. The molecule has 10 heteroatoms. The summed E-state index contributed by atoms with van der Waals surface area (Å²) in [5.74, 6) is -0.622. The highest BCUT2D eigenvalue weighted by atomic mass is 19.4. The third kappa shape index (κ3) is 7.19. The monoisotopic (exact) mass is 516 g/mol. The largest absolute Gasteiger partial charge is 0.416 e. The average molecular weight is 517 g/mol. The number of ether oxygens (including phenoxy) is 1. The zero-order valence-electron chi connectivity index (χ0n) is 21.5. The van der Waals surface area contributed by atoms with Crippen LogP contribution in [-0.4, -0.2) is 53.3 Å². The normalized spacial score (nSPS) is 11.9. The van der Waals surface area contributed by atoms with Crippen LogP contribution in [0.4, 0.5) is 19.0 Å². The van der Waals surface area contributed by atoms with Crippen molar-refractivity contribution in [3.63, 3.8) is 0 Å². The van der Waals surface area contributed by atoms with Crippen molar-refractivity contribution in [1.29, 1.82) is 0 Å². The fraction of sp³-hybridized carbons (Fsp3) is 0.370. The van der Waals surface area contributed by atoms with Crippen LogP contribution in [0.25, 0.3) is 5.69 Å². The molecule has 1 aromatic heterocycles. The van der Waals surface area contributed by atoms with E-state index < -0.39 is 23.6 Å². The van der Waals surface area contributed by atoms with Crippen LogP contribution in [-0.2, 0) is 21.1 Å². The van der Waals surface area contributed by atoms with Crippen molar-refractivity contribution >= 4 is 17.6 Å². The number of hydrogen-bond donors (Lipinski definition) is 1. The minimum atomic E-state index is -4.51. The second-order valence-corrected chi connectivity index (χ2v) is 9.76. The van der Waals surface area contributed by atoms with Crippen molar-refractivity contribution in [3.8, 4) is 5.69 Å². The second-order valence-electron chi connectivity index (χ2n) is 9.76. The molecule has 0 atom stereocenters. The Morgan fingerprint density at radius 3 is 2.30 bits per heavy atom. The van der Waals surface area contributed by atoms with Gasteiger partial charge in [0.2, 0.25) is 5.91 Å². The van der Waals surface area contributed by atoms with Crippen molar-refractivity contribution in [3.05, 3.63) is 77.0 Å². The van der Waals surface area contributed by atoms with Crippen LogP contribution >= 0.6 is 0 Å². The van der Waals surface area contributed by atoms with Crippen molar-refractivity contribution in [2.24, 2.45) is 0 Å². The Balaban J connectivity index is 1.84. The smallest absolute Gasteiger partial charge is 0.383 e. The number of alkyl halides is 3.